The second-order valence-electron chi connectivity index (χ2n) is 13.4. The monoisotopic (exact) mass is 649 g/mol. The number of methoxy groups -OCH3 is 1. The van der Waals surface area contributed by atoms with Crippen LogP contribution in [0.1, 0.15) is 74.4 Å². The van der Waals surface area contributed by atoms with Gasteiger partial charge >= 0.3 is 6.09 Å². The van der Waals surface area contributed by atoms with E-state index >= 15 is 0 Å². The summed E-state index contributed by atoms with van der Waals surface area (Å²) in [7, 11) is -2.82. The largest absolute Gasteiger partial charge is 0.475 e. The highest BCUT2D eigenvalue weighted by Gasteiger charge is 2.37. The van der Waals surface area contributed by atoms with Crippen molar-refractivity contribution >= 4 is 28.0 Å². The number of hydrogen-bond donors (Lipinski definition) is 2. The molecular weight excluding hydrogens is 606 g/mol. The Hall–Kier alpha value is -4.19. The maximum atomic E-state index is 14.5. The molecule has 1 atom stereocenters. The molecule has 1 aliphatic heterocycles. The van der Waals surface area contributed by atoms with E-state index in [1.54, 1.807) is 18.2 Å². The minimum absolute atomic E-state index is 0.0608. The lowest BCUT2D eigenvalue weighted by Crippen LogP contribution is -2.53. The number of aromatic nitrogens is 2. The molecule has 1 aromatic heterocycles. The highest BCUT2D eigenvalue weighted by Crippen LogP contribution is 2.34. The van der Waals surface area contributed by atoms with Crippen molar-refractivity contribution < 1.29 is 27.5 Å². The molecule has 46 heavy (non-hydrogen) atoms. The molecule has 1 fully saturated rings. The fourth-order valence-corrected chi connectivity index (χ4v) is 7.48. The second-order valence-corrected chi connectivity index (χ2v) is 15.1. The molecule has 0 unspecified atom stereocenters. The van der Waals surface area contributed by atoms with Gasteiger partial charge in [0.15, 0.2) is 0 Å². The van der Waals surface area contributed by atoms with Gasteiger partial charge in [0, 0.05) is 29.3 Å². The zero-order chi connectivity index (χ0) is 33.2. The first-order valence-corrected chi connectivity index (χ1v) is 17.1. The normalized spacial score (nSPS) is 21.5. The number of fused-ring (bicyclic) bond motifs is 4. The van der Waals surface area contributed by atoms with Crippen LogP contribution in [0.25, 0.3) is 11.3 Å². The molecule has 2 aromatic carbocycles. The standard InChI is InChI=1S/C34H43N5O6S/c1-21-9-7-10-22(2)30(21)28-18-29-37-32(36-28)38-46(42,43)27-12-8-11-23(17-27)31(40)39(26(20-45-29)19-34(3,4)5)25-15-13-24(14-16-25)35-33(41)44-6/h7-12,17-18,24-26H,13-16,19-20H2,1-6H3,(H,35,41)(H,36,37,38)/t24-,25-,26-/m1/s1. The number of sulfonamides is 1. The SMILES string of the molecule is COC(=O)N[C@H]1CC[C@H](N2C(=O)c3cccc(c3)S(=O)(=O)Nc3nc(cc(-c4c(C)cccc4C)n3)OC[C@H]2CC(C)(C)C)CC1. The molecule has 5 rings (SSSR count). The number of carbonyl (C=O) groups excluding carboxylic acids is 2. The molecule has 0 saturated heterocycles. The summed E-state index contributed by atoms with van der Waals surface area (Å²) in [6.45, 7) is 10.4. The summed E-state index contributed by atoms with van der Waals surface area (Å²) >= 11 is 0. The third-order valence-electron chi connectivity index (χ3n) is 8.55. The molecule has 2 N–H and O–H groups in total. The molecule has 0 radical (unpaired) electrons. The van der Waals surface area contributed by atoms with Crippen molar-refractivity contribution in [1.29, 1.82) is 0 Å². The van der Waals surface area contributed by atoms with Gasteiger partial charge in [0.2, 0.25) is 11.8 Å². The van der Waals surface area contributed by atoms with E-state index in [4.69, 9.17) is 9.47 Å². The lowest BCUT2D eigenvalue weighted by Gasteiger charge is -2.43. The van der Waals surface area contributed by atoms with E-state index in [1.165, 1.54) is 19.2 Å². The van der Waals surface area contributed by atoms with Crippen molar-refractivity contribution in [3.63, 3.8) is 0 Å². The topological polar surface area (TPSA) is 140 Å². The van der Waals surface area contributed by atoms with E-state index < -0.39 is 16.1 Å². The van der Waals surface area contributed by atoms with Crippen LogP contribution in [0.2, 0.25) is 0 Å². The molecule has 246 valence electrons. The number of anilines is 1. The van der Waals surface area contributed by atoms with Crippen LogP contribution in [0.15, 0.2) is 53.4 Å². The molecule has 1 aliphatic carbocycles. The van der Waals surface area contributed by atoms with E-state index in [0.29, 0.717) is 37.8 Å². The van der Waals surface area contributed by atoms with Gasteiger partial charge in [0.25, 0.3) is 15.9 Å². The molecule has 2 heterocycles. The van der Waals surface area contributed by atoms with Crippen LogP contribution in [0.5, 0.6) is 5.88 Å². The Labute approximate surface area is 271 Å². The van der Waals surface area contributed by atoms with Gasteiger partial charge in [-0.25, -0.2) is 22.9 Å². The fraction of sp³-hybridized carbons (Fsp3) is 0.471. The van der Waals surface area contributed by atoms with Crippen LogP contribution >= 0.6 is 0 Å². The van der Waals surface area contributed by atoms with Crippen molar-refractivity contribution in [2.24, 2.45) is 5.41 Å². The molecule has 11 nitrogen and oxygen atoms in total. The predicted molar refractivity (Wildman–Crippen MR) is 175 cm³/mol. The maximum absolute atomic E-state index is 14.5. The van der Waals surface area contributed by atoms with Crippen molar-refractivity contribution in [3.05, 3.63) is 65.2 Å². The van der Waals surface area contributed by atoms with Crippen LogP contribution in [0.3, 0.4) is 0 Å². The molecule has 1 saturated carbocycles. The molecule has 4 bridgehead atoms. The maximum Gasteiger partial charge on any atom is 0.407 e. The summed E-state index contributed by atoms with van der Waals surface area (Å²) in [5.41, 5.74) is 3.43. The summed E-state index contributed by atoms with van der Waals surface area (Å²) in [6.07, 6.45) is 2.77. The van der Waals surface area contributed by atoms with Gasteiger partial charge < -0.3 is 19.7 Å². The zero-order valence-electron chi connectivity index (χ0n) is 27.3. The number of nitrogens with one attached hydrogen (secondary N) is 2. The van der Waals surface area contributed by atoms with Gasteiger partial charge in [0.1, 0.15) is 6.61 Å². The minimum Gasteiger partial charge on any atom is -0.475 e. The lowest BCUT2D eigenvalue weighted by atomic mass is 9.84. The van der Waals surface area contributed by atoms with Crippen molar-refractivity contribution in [1.82, 2.24) is 20.2 Å². The number of amides is 2. The summed E-state index contributed by atoms with van der Waals surface area (Å²) in [6, 6.07) is 13.1. The zero-order valence-corrected chi connectivity index (χ0v) is 28.1. The van der Waals surface area contributed by atoms with Crippen molar-refractivity contribution in [2.75, 3.05) is 18.4 Å². The smallest absolute Gasteiger partial charge is 0.407 e. The average molecular weight is 650 g/mol. The Morgan fingerprint density at radius 3 is 2.37 bits per heavy atom. The third kappa shape index (κ3) is 7.60. The van der Waals surface area contributed by atoms with E-state index in [1.807, 2.05) is 36.9 Å². The molecule has 0 spiro atoms. The van der Waals surface area contributed by atoms with Crippen LogP contribution in [-0.4, -0.2) is 67.1 Å². The Morgan fingerprint density at radius 1 is 1.04 bits per heavy atom. The molecule has 2 aliphatic rings. The van der Waals surface area contributed by atoms with Gasteiger partial charge in [0.05, 0.1) is 23.7 Å². The average Bonchev–Trinajstić information content (AvgIpc) is 2.99. The molecule has 12 heteroatoms. The predicted octanol–water partition coefficient (Wildman–Crippen LogP) is 5.87. The van der Waals surface area contributed by atoms with Gasteiger partial charge in [-0.3, -0.25) is 4.79 Å². The number of carbonyl (C=O) groups is 2. The first-order chi connectivity index (χ1) is 21.7. The fourth-order valence-electron chi connectivity index (χ4n) is 6.50. The summed E-state index contributed by atoms with van der Waals surface area (Å²) in [5.74, 6) is -0.187. The van der Waals surface area contributed by atoms with Crippen LogP contribution < -0.4 is 14.8 Å². The summed E-state index contributed by atoms with van der Waals surface area (Å²) in [5, 5.41) is 2.88. The van der Waals surface area contributed by atoms with Crippen LogP contribution in [0, 0.1) is 19.3 Å². The van der Waals surface area contributed by atoms with Crippen LogP contribution in [0.4, 0.5) is 10.7 Å². The van der Waals surface area contributed by atoms with Crippen molar-refractivity contribution in [3.8, 4) is 17.1 Å². The van der Waals surface area contributed by atoms with Gasteiger partial charge in [-0.2, -0.15) is 4.98 Å². The Kier molecular flexibility index (Phi) is 9.57. The quantitative estimate of drug-likeness (QED) is 0.358. The summed E-state index contributed by atoms with van der Waals surface area (Å²) < 4.78 is 41.0. The Balaban J connectivity index is 1.61. The van der Waals surface area contributed by atoms with E-state index in [9.17, 15) is 18.0 Å². The molecule has 2 amide bonds. The third-order valence-corrected chi connectivity index (χ3v) is 9.88. The first kappa shape index (κ1) is 33.2. The Morgan fingerprint density at radius 2 is 1.72 bits per heavy atom. The lowest BCUT2D eigenvalue weighted by molar-refractivity contribution is 0.0306. The van der Waals surface area contributed by atoms with Crippen molar-refractivity contribution in [2.45, 2.75) is 89.7 Å². The van der Waals surface area contributed by atoms with E-state index in [-0.39, 0.29) is 58.3 Å². The molecular formula is C34H43N5O6S. The number of alkyl carbamates (subject to hydrolysis) is 1. The minimum atomic E-state index is -4.16. The number of hydrogen-bond acceptors (Lipinski definition) is 8. The number of aryl methyl sites for hydroxylation is 2. The van der Waals surface area contributed by atoms with Gasteiger partial charge in [-0.1, -0.05) is 45.0 Å². The highest BCUT2D eigenvalue weighted by atomic mass is 32.2. The highest BCUT2D eigenvalue weighted by molar-refractivity contribution is 7.92. The second kappa shape index (κ2) is 13.3. The van der Waals surface area contributed by atoms with Crippen LogP contribution in [-0.2, 0) is 14.8 Å². The Bertz CT molecular complexity index is 1690. The first-order valence-electron chi connectivity index (χ1n) is 15.6. The number of ether oxygens (including phenoxy) is 2. The van der Waals surface area contributed by atoms with Gasteiger partial charge in [-0.15, -0.1) is 0 Å². The number of nitrogens with zero attached hydrogens (tertiary/aromatic N) is 3. The van der Waals surface area contributed by atoms with E-state index in [0.717, 1.165) is 16.7 Å². The van der Waals surface area contributed by atoms with Gasteiger partial charge in [-0.05, 0) is 80.7 Å². The number of rotatable bonds is 4. The molecule has 3 aromatic rings. The van der Waals surface area contributed by atoms with E-state index in [2.05, 4.69) is 40.8 Å². The summed E-state index contributed by atoms with van der Waals surface area (Å²) in [4.78, 5) is 37.2. The number of benzene rings is 2.